The maximum absolute atomic E-state index is 14.9. The Kier molecular flexibility index (Phi) is 7.41. The number of anilines is 2. The number of nitrogens with zero attached hydrogens (tertiary/aromatic N) is 7. The Morgan fingerprint density at radius 1 is 1.17 bits per heavy atom. The van der Waals surface area contributed by atoms with Gasteiger partial charge < -0.3 is 29.9 Å². The summed E-state index contributed by atoms with van der Waals surface area (Å²) in [5.41, 5.74) is 12.8. The summed E-state index contributed by atoms with van der Waals surface area (Å²) in [5.74, 6) is -0.107. The minimum absolute atomic E-state index is 0.0279. The molecule has 0 spiro atoms. The summed E-state index contributed by atoms with van der Waals surface area (Å²) in [7, 11) is 0. The highest BCUT2D eigenvalue weighted by molar-refractivity contribution is 7.17. The molecule has 6 rings (SSSR count). The molecule has 0 aliphatic carbocycles. The number of aromatic amines is 1. The van der Waals surface area contributed by atoms with Crippen molar-refractivity contribution in [2.75, 3.05) is 43.4 Å². The van der Waals surface area contributed by atoms with Gasteiger partial charge in [0.2, 0.25) is 5.95 Å². The predicted octanol–water partition coefficient (Wildman–Crippen LogP) is 1.28. The SMILES string of the molecule is N/C(=N\c1nc(N)nc2c1sc(=O)n2CCN1CCN(c2ccc(OCc3n[nH]c(=O)o3)cc2F)CC1)c1ccco1. The van der Waals surface area contributed by atoms with E-state index < -0.39 is 11.6 Å². The summed E-state index contributed by atoms with van der Waals surface area (Å²) in [5, 5.41) is 5.79. The minimum Gasteiger partial charge on any atom is -0.484 e. The summed E-state index contributed by atoms with van der Waals surface area (Å²) in [4.78, 5) is 40.6. The lowest BCUT2D eigenvalue weighted by Gasteiger charge is -2.36. The third-order valence-electron chi connectivity index (χ3n) is 6.63. The third-order valence-corrected chi connectivity index (χ3v) is 7.59. The van der Waals surface area contributed by atoms with Crippen LogP contribution < -0.4 is 31.7 Å². The standard InChI is InChI=1S/C25H25FN10O5S/c26-15-12-14(40-13-18-32-33-24(37)41-18)3-4-16(15)35-8-5-34(6-9-35)7-10-36-22-19(42-25(36)38)21(30-23(28)31-22)29-20(27)17-2-1-11-39-17/h1-4,11-12H,5-10,13H2,(H,33,37)(H4,27,28,29,30,31). The van der Waals surface area contributed by atoms with E-state index in [1.165, 1.54) is 12.3 Å². The Bertz CT molecular complexity index is 1850. The first-order chi connectivity index (χ1) is 20.3. The van der Waals surface area contributed by atoms with E-state index in [2.05, 4.69) is 30.1 Å². The second-order valence-corrected chi connectivity index (χ2v) is 10.3. The average molecular weight is 597 g/mol. The van der Waals surface area contributed by atoms with E-state index in [1.54, 1.807) is 28.8 Å². The molecule has 1 fully saturated rings. The number of aliphatic imine (C=N–C) groups is 1. The molecule has 5 aromatic rings. The average Bonchev–Trinajstić information content (AvgIpc) is 3.72. The molecule has 5 N–H and O–H groups in total. The number of thiazole rings is 1. The van der Waals surface area contributed by atoms with Crippen LogP contribution in [0.3, 0.4) is 0 Å². The lowest BCUT2D eigenvalue weighted by Crippen LogP contribution is -2.47. The topological polar surface area (TPSA) is 200 Å². The number of H-pyrrole nitrogens is 1. The van der Waals surface area contributed by atoms with Crippen molar-refractivity contribution in [1.82, 2.24) is 29.6 Å². The van der Waals surface area contributed by atoms with Crippen LogP contribution in [0.2, 0.25) is 0 Å². The highest BCUT2D eigenvalue weighted by Gasteiger charge is 2.22. The molecule has 0 unspecified atom stereocenters. The molecular weight excluding hydrogens is 571 g/mol. The maximum atomic E-state index is 14.9. The molecule has 4 aromatic heterocycles. The number of halogens is 1. The van der Waals surface area contributed by atoms with Crippen LogP contribution in [0.4, 0.5) is 21.8 Å². The van der Waals surface area contributed by atoms with Crippen LogP contribution in [0.15, 0.2) is 60.0 Å². The fourth-order valence-electron chi connectivity index (χ4n) is 4.57. The van der Waals surface area contributed by atoms with Gasteiger partial charge in [-0.05, 0) is 24.3 Å². The number of rotatable bonds is 9. The number of benzene rings is 1. The zero-order valence-electron chi connectivity index (χ0n) is 22.0. The van der Waals surface area contributed by atoms with Crippen molar-refractivity contribution in [3.8, 4) is 5.75 Å². The van der Waals surface area contributed by atoms with E-state index in [1.807, 2.05) is 4.90 Å². The van der Waals surface area contributed by atoms with Crippen molar-refractivity contribution in [3.63, 3.8) is 0 Å². The summed E-state index contributed by atoms with van der Waals surface area (Å²) in [6.45, 7) is 3.37. The number of fused-ring (bicyclic) bond motifs is 1. The minimum atomic E-state index is -0.685. The number of aromatic nitrogens is 5. The Morgan fingerprint density at radius 3 is 2.71 bits per heavy atom. The van der Waals surface area contributed by atoms with Gasteiger partial charge in [0.05, 0.1) is 12.0 Å². The van der Waals surface area contributed by atoms with Crippen molar-refractivity contribution in [2.45, 2.75) is 13.2 Å². The van der Waals surface area contributed by atoms with Gasteiger partial charge in [0.1, 0.15) is 16.3 Å². The first kappa shape index (κ1) is 27.2. The number of nitrogen functional groups attached to an aromatic ring is 1. The second-order valence-electron chi connectivity index (χ2n) is 9.29. The van der Waals surface area contributed by atoms with E-state index >= 15 is 0 Å². The third kappa shape index (κ3) is 5.72. The fourth-order valence-corrected chi connectivity index (χ4v) is 5.46. The Labute approximate surface area is 239 Å². The Balaban J connectivity index is 1.08. The van der Waals surface area contributed by atoms with Gasteiger partial charge in [-0.1, -0.05) is 11.3 Å². The van der Waals surface area contributed by atoms with Gasteiger partial charge in [0.25, 0.3) is 5.89 Å². The van der Waals surface area contributed by atoms with Crippen molar-refractivity contribution >= 4 is 45.0 Å². The molecule has 0 bridgehead atoms. The summed E-state index contributed by atoms with van der Waals surface area (Å²) < 4.78 is 32.4. The number of nitrogens with one attached hydrogen (secondary N) is 1. The molecular formula is C25H25FN10O5S. The number of piperazine rings is 1. The zero-order valence-corrected chi connectivity index (χ0v) is 22.8. The summed E-state index contributed by atoms with van der Waals surface area (Å²) in [6.07, 6.45) is 1.48. The highest BCUT2D eigenvalue weighted by Crippen LogP contribution is 2.28. The van der Waals surface area contributed by atoms with E-state index in [0.29, 0.717) is 61.1 Å². The molecule has 5 heterocycles. The molecule has 17 heteroatoms. The van der Waals surface area contributed by atoms with Gasteiger partial charge >= 0.3 is 10.6 Å². The van der Waals surface area contributed by atoms with Crippen LogP contribution in [0.5, 0.6) is 5.75 Å². The quantitative estimate of drug-likeness (QED) is 0.163. The summed E-state index contributed by atoms with van der Waals surface area (Å²) in [6, 6.07) is 7.94. The number of furan rings is 1. The van der Waals surface area contributed by atoms with Gasteiger partial charge in [-0.2, -0.15) is 9.97 Å². The smallest absolute Gasteiger partial charge is 0.434 e. The zero-order chi connectivity index (χ0) is 29.2. The molecule has 1 aliphatic rings. The van der Waals surface area contributed by atoms with E-state index in [4.69, 9.17) is 25.0 Å². The first-order valence-electron chi connectivity index (χ1n) is 12.8. The Morgan fingerprint density at radius 2 is 2.00 bits per heavy atom. The van der Waals surface area contributed by atoms with Crippen LogP contribution in [-0.2, 0) is 13.2 Å². The number of amidine groups is 1. The number of ether oxygens (including phenoxy) is 1. The van der Waals surface area contributed by atoms with Crippen LogP contribution >= 0.6 is 11.3 Å². The van der Waals surface area contributed by atoms with Gasteiger partial charge in [-0.15, -0.1) is 5.10 Å². The van der Waals surface area contributed by atoms with Gasteiger partial charge in [-0.3, -0.25) is 14.3 Å². The monoisotopic (exact) mass is 596 g/mol. The van der Waals surface area contributed by atoms with Gasteiger partial charge in [0.15, 0.2) is 29.7 Å². The van der Waals surface area contributed by atoms with Crippen LogP contribution in [0, 0.1) is 5.82 Å². The molecule has 218 valence electrons. The Hall–Kier alpha value is -5.03. The summed E-state index contributed by atoms with van der Waals surface area (Å²) >= 11 is 0.974. The molecule has 1 aliphatic heterocycles. The van der Waals surface area contributed by atoms with Crippen molar-refractivity contribution < 1.29 is 18.0 Å². The molecule has 1 aromatic carbocycles. The number of hydrogen-bond acceptors (Lipinski definition) is 13. The molecule has 0 atom stereocenters. The lowest BCUT2D eigenvalue weighted by atomic mass is 10.2. The molecule has 0 saturated carbocycles. The maximum Gasteiger partial charge on any atom is 0.434 e. The molecule has 0 amide bonds. The van der Waals surface area contributed by atoms with E-state index in [-0.39, 0.29) is 40.7 Å². The van der Waals surface area contributed by atoms with Crippen molar-refractivity contribution in [1.29, 1.82) is 0 Å². The van der Waals surface area contributed by atoms with E-state index in [9.17, 15) is 14.0 Å². The molecule has 1 saturated heterocycles. The van der Waals surface area contributed by atoms with Crippen molar-refractivity contribution in [3.05, 3.63) is 74.3 Å². The van der Waals surface area contributed by atoms with E-state index in [0.717, 1.165) is 11.3 Å². The predicted molar refractivity (Wildman–Crippen MR) is 152 cm³/mol. The van der Waals surface area contributed by atoms with Crippen LogP contribution in [-0.4, -0.2) is 68.2 Å². The van der Waals surface area contributed by atoms with Crippen molar-refractivity contribution in [2.24, 2.45) is 10.7 Å². The van der Waals surface area contributed by atoms with Gasteiger partial charge in [0, 0.05) is 45.3 Å². The van der Waals surface area contributed by atoms with Crippen LogP contribution in [0.1, 0.15) is 11.7 Å². The first-order valence-corrected chi connectivity index (χ1v) is 13.6. The lowest BCUT2D eigenvalue weighted by molar-refractivity contribution is 0.247. The molecule has 42 heavy (non-hydrogen) atoms. The molecule has 0 radical (unpaired) electrons. The largest absolute Gasteiger partial charge is 0.484 e. The fraction of sp³-hybridized carbons (Fsp3) is 0.280. The van der Waals surface area contributed by atoms with Crippen LogP contribution in [0.25, 0.3) is 10.3 Å². The molecule has 15 nitrogen and oxygen atoms in total. The van der Waals surface area contributed by atoms with Gasteiger partial charge in [-0.25, -0.2) is 19.3 Å². The highest BCUT2D eigenvalue weighted by atomic mass is 32.1. The normalized spacial score (nSPS) is 14.6. The number of nitrogens with two attached hydrogens (primary N) is 2. The second kappa shape index (κ2) is 11.5. The number of hydrogen-bond donors (Lipinski definition) is 3.